The SMILES string of the molecule is NC(=O)[CH-]c1ccccc1.[K+].[K+]. The number of hydrogen-bond donors (Lipinski definition) is 1. The first-order chi connectivity index (χ1) is 4.79. The van der Waals surface area contributed by atoms with Crippen molar-refractivity contribution in [3.63, 3.8) is 0 Å². The number of amides is 1. The molecule has 0 aliphatic rings. The Bertz CT molecular complexity index is 226. The van der Waals surface area contributed by atoms with Crippen molar-refractivity contribution in [2.24, 2.45) is 5.73 Å². The van der Waals surface area contributed by atoms with Gasteiger partial charge in [0.05, 0.1) is 0 Å². The summed E-state index contributed by atoms with van der Waals surface area (Å²) in [5.74, 6) is -0.411. The van der Waals surface area contributed by atoms with Gasteiger partial charge in [-0.25, -0.2) is 0 Å². The Hall–Kier alpha value is 1.83. The van der Waals surface area contributed by atoms with Crippen LogP contribution in [0.25, 0.3) is 0 Å². The normalized spacial score (nSPS) is 7.33. The van der Waals surface area contributed by atoms with Crippen LogP contribution in [-0.4, -0.2) is 5.91 Å². The molecule has 0 unspecified atom stereocenters. The predicted octanol–water partition coefficient (Wildman–Crippen LogP) is -5.27. The van der Waals surface area contributed by atoms with Gasteiger partial charge in [-0.3, -0.25) is 4.79 Å². The molecule has 0 radical (unpaired) electrons. The number of carbonyl (C=O) groups is 1. The third-order valence-electron chi connectivity index (χ3n) is 1.11. The summed E-state index contributed by atoms with van der Waals surface area (Å²) in [6.07, 6.45) is 1.39. The molecule has 0 heterocycles. The van der Waals surface area contributed by atoms with Gasteiger partial charge < -0.3 is 5.73 Å². The number of hydrogen-bond acceptors (Lipinski definition) is 1. The largest absolute Gasteiger partial charge is 1.00 e. The molecule has 0 saturated heterocycles. The van der Waals surface area contributed by atoms with E-state index >= 15 is 0 Å². The van der Waals surface area contributed by atoms with E-state index in [9.17, 15) is 4.79 Å². The Morgan fingerprint density at radius 3 is 2.08 bits per heavy atom. The van der Waals surface area contributed by atoms with Gasteiger partial charge in [0.25, 0.3) is 0 Å². The first-order valence-electron chi connectivity index (χ1n) is 2.98. The minimum atomic E-state index is -0.411. The first kappa shape index (κ1) is 16.3. The van der Waals surface area contributed by atoms with E-state index in [0.717, 1.165) is 5.56 Å². The summed E-state index contributed by atoms with van der Waals surface area (Å²) in [7, 11) is 0. The summed E-state index contributed by atoms with van der Waals surface area (Å²) in [6.45, 7) is 0. The van der Waals surface area contributed by atoms with Crippen LogP contribution in [0, 0.1) is 6.42 Å². The maximum absolute atomic E-state index is 10.3. The quantitative estimate of drug-likeness (QED) is 0.386. The molecule has 0 bridgehead atoms. The second-order valence-electron chi connectivity index (χ2n) is 1.96. The molecule has 1 aromatic rings. The van der Waals surface area contributed by atoms with Gasteiger partial charge in [-0.1, -0.05) is 12.5 Å². The zero-order chi connectivity index (χ0) is 7.40. The van der Waals surface area contributed by atoms with Crippen molar-refractivity contribution in [2.75, 3.05) is 0 Å². The smallest absolute Gasteiger partial charge is 0.377 e. The van der Waals surface area contributed by atoms with Crippen molar-refractivity contribution in [1.82, 2.24) is 0 Å². The Labute approximate surface area is 158 Å². The molecule has 0 aliphatic carbocycles. The Morgan fingerprint density at radius 1 is 1.17 bits per heavy atom. The molecule has 1 rings (SSSR count). The van der Waals surface area contributed by atoms with E-state index in [2.05, 4.69) is 0 Å². The standard InChI is InChI=1S/C8H8NO.2K/c9-8(10)6-7-4-2-1-3-5-7;;/h1-6H,(H2,9,10);;/q-1;2*+1. The van der Waals surface area contributed by atoms with Gasteiger partial charge in [0.1, 0.15) is 0 Å². The monoisotopic (exact) mass is 212 g/mol. The fraction of sp³-hybridized carbons (Fsp3) is 0. The fourth-order valence-corrected chi connectivity index (χ4v) is 0.714. The number of rotatable bonds is 2. The molecule has 0 aliphatic heterocycles. The van der Waals surface area contributed by atoms with Crippen LogP contribution in [0.15, 0.2) is 30.3 Å². The molecule has 0 saturated carbocycles. The third-order valence-corrected chi connectivity index (χ3v) is 1.11. The Kier molecular flexibility index (Phi) is 12.7. The zero-order valence-electron chi connectivity index (χ0n) is 7.45. The second-order valence-corrected chi connectivity index (χ2v) is 1.96. The summed E-state index contributed by atoms with van der Waals surface area (Å²) < 4.78 is 0. The predicted molar refractivity (Wildman–Crippen MR) is 39.0 cm³/mol. The summed E-state index contributed by atoms with van der Waals surface area (Å²) in [4.78, 5) is 10.3. The van der Waals surface area contributed by atoms with Gasteiger partial charge in [0, 0.05) is 0 Å². The third kappa shape index (κ3) is 7.26. The topological polar surface area (TPSA) is 43.1 Å². The number of carbonyl (C=O) groups excluding carboxylic acids is 1. The molecule has 0 atom stereocenters. The van der Waals surface area contributed by atoms with E-state index in [1.54, 1.807) is 0 Å². The zero-order valence-corrected chi connectivity index (χ0v) is 13.7. The van der Waals surface area contributed by atoms with Crippen molar-refractivity contribution < 1.29 is 108 Å². The van der Waals surface area contributed by atoms with E-state index in [4.69, 9.17) is 5.73 Å². The van der Waals surface area contributed by atoms with Crippen LogP contribution in [0.1, 0.15) is 5.56 Å². The van der Waals surface area contributed by atoms with Crippen LogP contribution < -0.4 is 109 Å². The van der Waals surface area contributed by atoms with Gasteiger partial charge >= 0.3 is 103 Å². The van der Waals surface area contributed by atoms with Crippen LogP contribution in [-0.2, 0) is 4.79 Å². The van der Waals surface area contributed by atoms with Crippen molar-refractivity contribution in [2.45, 2.75) is 0 Å². The molecule has 2 N–H and O–H groups in total. The molecule has 4 heteroatoms. The number of nitrogens with two attached hydrogens (primary N) is 1. The fourth-order valence-electron chi connectivity index (χ4n) is 0.714. The van der Waals surface area contributed by atoms with Crippen molar-refractivity contribution in [3.05, 3.63) is 42.3 Å². The first-order valence-corrected chi connectivity index (χ1v) is 2.98. The maximum Gasteiger partial charge on any atom is 1.00 e. The minimum Gasteiger partial charge on any atom is -0.377 e. The summed E-state index contributed by atoms with van der Waals surface area (Å²) >= 11 is 0. The van der Waals surface area contributed by atoms with Gasteiger partial charge in [-0.15, -0.1) is 12.1 Å². The van der Waals surface area contributed by atoms with Crippen LogP contribution >= 0.6 is 0 Å². The van der Waals surface area contributed by atoms with Gasteiger partial charge in [0.15, 0.2) is 5.91 Å². The minimum absolute atomic E-state index is 0. The van der Waals surface area contributed by atoms with Crippen molar-refractivity contribution in [1.29, 1.82) is 0 Å². The van der Waals surface area contributed by atoms with Gasteiger partial charge in [0.2, 0.25) is 0 Å². The van der Waals surface area contributed by atoms with Crippen LogP contribution in [0.2, 0.25) is 0 Å². The summed E-state index contributed by atoms with van der Waals surface area (Å²) in [5, 5.41) is 0. The number of primary amides is 1. The molecule has 12 heavy (non-hydrogen) atoms. The molecule has 0 spiro atoms. The molecule has 1 aromatic carbocycles. The Balaban J connectivity index is 0. The van der Waals surface area contributed by atoms with Crippen molar-refractivity contribution >= 4 is 5.91 Å². The molecule has 2 nitrogen and oxygen atoms in total. The number of benzene rings is 1. The van der Waals surface area contributed by atoms with E-state index in [1.165, 1.54) is 6.42 Å². The average molecular weight is 212 g/mol. The van der Waals surface area contributed by atoms with E-state index in [-0.39, 0.29) is 103 Å². The molecule has 52 valence electrons. The van der Waals surface area contributed by atoms with E-state index in [1.807, 2.05) is 30.3 Å². The molecule has 0 fully saturated rings. The van der Waals surface area contributed by atoms with Crippen LogP contribution in [0.3, 0.4) is 0 Å². The summed E-state index contributed by atoms with van der Waals surface area (Å²) in [5.41, 5.74) is 5.77. The second kappa shape index (κ2) is 9.39. The van der Waals surface area contributed by atoms with Crippen LogP contribution in [0.5, 0.6) is 0 Å². The van der Waals surface area contributed by atoms with E-state index < -0.39 is 5.91 Å². The average Bonchev–Trinajstić information content (AvgIpc) is 1.88. The molecule has 1 amide bonds. The molecule has 0 aromatic heterocycles. The van der Waals surface area contributed by atoms with Gasteiger partial charge in [-0.05, 0) is 0 Å². The van der Waals surface area contributed by atoms with E-state index in [0.29, 0.717) is 0 Å². The van der Waals surface area contributed by atoms with Crippen LogP contribution in [0.4, 0.5) is 0 Å². The summed E-state index contributed by atoms with van der Waals surface area (Å²) in [6, 6.07) is 9.25. The molecular formula is C8H8K2NO+. The molecular weight excluding hydrogens is 204 g/mol. The maximum atomic E-state index is 10.3. The van der Waals surface area contributed by atoms with Gasteiger partial charge in [-0.2, -0.15) is 17.7 Å². The Morgan fingerprint density at radius 2 is 1.67 bits per heavy atom. The van der Waals surface area contributed by atoms with Crippen molar-refractivity contribution in [3.8, 4) is 0 Å².